The molecule has 0 rings (SSSR count). The first-order valence-electron chi connectivity index (χ1n) is 2.06. The van der Waals surface area contributed by atoms with Gasteiger partial charge in [-0.3, -0.25) is 5.41 Å². The molecule has 0 aromatic heterocycles. The van der Waals surface area contributed by atoms with Crippen LogP contribution in [0.2, 0.25) is 0 Å². The largest absolute Gasteiger partial charge is 0.464 e. The van der Waals surface area contributed by atoms with E-state index in [0.717, 1.165) is 7.11 Å². The number of carbonyl (C=O) groups is 2. The third-order valence-electron chi connectivity index (χ3n) is 0.636. The number of hydrogen-bond donors (Lipinski definition) is 1. The van der Waals surface area contributed by atoms with Crippen LogP contribution < -0.4 is 0 Å². The van der Waals surface area contributed by atoms with Gasteiger partial charge >= 0.3 is 5.97 Å². The molecule has 0 aromatic carbocycles. The van der Waals surface area contributed by atoms with Crippen LogP contribution in [-0.2, 0) is 14.3 Å². The van der Waals surface area contributed by atoms with Gasteiger partial charge in [0.1, 0.15) is 5.68 Å². The standard InChI is InChI=1S/C4H4BNO3/c1-9-4(8)2(6)3(5)7/h6H,1H3. The SMILES string of the molecule is [B]C(=O)C(=N)C(=O)OC. The van der Waals surface area contributed by atoms with E-state index in [1.54, 1.807) is 0 Å². The number of esters is 1. The molecule has 4 nitrogen and oxygen atoms in total. The summed E-state index contributed by atoms with van der Waals surface area (Å²) in [6.45, 7) is 0. The first-order valence-corrected chi connectivity index (χ1v) is 2.06. The van der Waals surface area contributed by atoms with E-state index >= 15 is 0 Å². The zero-order chi connectivity index (χ0) is 7.44. The highest BCUT2D eigenvalue weighted by molar-refractivity contribution is 6.87. The molecule has 0 amide bonds. The molecule has 1 N–H and O–H groups in total. The Morgan fingerprint density at radius 3 is 2.11 bits per heavy atom. The van der Waals surface area contributed by atoms with Crippen LogP contribution in [0.15, 0.2) is 0 Å². The van der Waals surface area contributed by atoms with Gasteiger partial charge in [0.25, 0.3) is 0 Å². The third-order valence-corrected chi connectivity index (χ3v) is 0.636. The Morgan fingerprint density at radius 1 is 1.56 bits per heavy atom. The first kappa shape index (κ1) is 7.87. The molecule has 0 aromatic rings. The van der Waals surface area contributed by atoms with E-state index in [0.29, 0.717) is 0 Å². The number of carbonyl (C=O) groups excluding carboxylic acids is 2. The summed E-state index contributed by atoms with van der Waals surface area (Å²) >= 11 is 0. The van der Waals surface area contributed by atoms with Crippen molar-refractivity contribution in [3.8, 4) is 0 Å². The predicted octanol–water partition coefficient (Wildman–Crippen LogP) is -1.13. The summed E-state index contributed by atoms with van der Waals surface area (Å²) in [6, 6.07) is 0. The van der Waals surface area contributed by atoms with Crippen LogP contribution in [0, 0.1) is 5.41 Å². The highest BCUT2D eigenvalue weighted by Gasteiger charge is 2.12. The Morgan fingerprint density at radius 2 is 2.00 bits per heavy atom. The predicted molar refractivity (Wildman–Crippen MR) is 30.5 cm³/mol. The van der Waals surface area contributed by atoms with Crippen LogP contribution in [0.5, 0.6) is 0 Å². The molecule has 0 aliphatic rings. The zero-order valence-corrected chi connectivity index (χ0v) is 4.80. The van der Waals surface area contributed by atoms with Gasteiger partial charge in [-0.25, -0.2) is 4.79 Å². The van der Waals surface area contributed by atoms with Gasteiger partial charge < -0.3 is 9.53 Å². The molecule has 0 atom stereocenters. The van der Waals surface area contributed by atoms with Crippen molar-refractivity contribution in [2.45, 2.75) is 0 Å². The quantitative estimate of drug-likeness (QED) is 0.220. The van der Waals surface area contributed by atoms with Gasteiger partial charge in [-0.15, -0.1) is 0 Å². The van der Waals surface area contributed by atoms with Gasteiger partial charge in [0.15, 0.2) is 13.6 Å². The minimum atomic E-state index is -1.08. The number of hydrogen-bond acceptors (Lipinski definition) is 4. The second kappa shape index (κ2) is 3.01. The van der Waals surface area contributed by atoms with Crippen molar-refractivity contribution >= 4 is 25.2 Å². The molecule has 5 heteroatoms. The Hall–Kier alpha value is -1.13. The fourth-order valence-corrected chi connectivity index (χ4v) is 0.203. The maximum Gasteiger partial charge on any atom is 0.358 e. The molecule has 0 saturated heterocycles. The van der Waals surface area contributed by atoms with Crippen molar-refractivity contribution in [3.63, 3.8) is 0 Å². The number of ether oxygens (including phenoxy) is 1. The van der Waals surface area contributed by atoms with Crippen LogP contribution in [-0.4, -0.2) is 32.3 Å². The minimum absolute atomic E-state index is 0.836. The van der Waals surface area contributed by atoms with Gasteiger partial charge in [-0.1, -0.05) is 0 Å². The molecular formula is C4H4BNO3. The third kappa shape index (κ3) is 2.07. The van der Waals surface area contributed by atoms with E-state index in [1.807, 2.05) is 0 Å². The van der Waals surface area contributed by atoms with Crippen LogP contribution >= 0.6 is 0 Å². The molecule has 0 heterocycles. The van der Waals surface area contributed by atoms with Crippen LogP contribution in [0.3, 0.4) is 0 Å². The van der Waals surface area contributed by atoms with E-state index in [9.17, 15) is 9.59 Å². The Labute approximate surface area is 53.1 Å². The van der Waals surface area contributed by atoms with Crippen molar-refractivity contribution < 1.29 is 14.3 Å². The van der Waals surface area contributed by atoms with Gasteiger partial charge in [0, 0.05) is 0 Å². The molecule has 0 spiro atoms. The summed E-state index contributed by atoms with van der Waals surface area (Å²) in [4.78, 5) is 20.2. The van der Waals surface area contributed by atoms with Crippen molar-refractivity contribution in [1.29, 1.82) is 5.41 Å². The molecule has 46 valence electrons. The van der Waals surface area contributed by atoms with E-state index in [4.69, 9.17) is 5.41 Å². The number of nitrogens with one attached hydrogen (secondary N) is 1. The lowest BCUT2D eigenvalue weighted by atomic mass is 9.98. The highest BCUT2D eigenvalue weighted by Crippen LogP contribution is 1.77. The summed E-state index contributed by atoms with van der Waals surface area (Å²) in [7, 11) is 5.62. The van der Waals surface area contributed by atoms with Crippen molar-refractivity contribution in [2.24, 2.45) is 0 Å². The molecule has 0 aliphatic carbocycles. The normalized spacial score (nSPS) is 8.11. The molecular weight excluding hydrogens is 121 g/mol. The van der Waals surface area contributed by atoms with Crippen LogP contribution in [0.25, 0.3) is 0 Å². The van der Waals surface area contributed by atoms with Gasteiger partial charge in [0.2, 0.25) is 0 Å². The number of rotatable bonds is 2. The lowest BCUT2D eigenvalue weighted by Crippen LogP contribution is -2.23. The number of methoxy groups -OCH3 is 1. The van der Waals surface area contributed by atoms with Gasteiger partial charge in [0.05, 0.1) is 7.11 Å². The van der Waals surface area contributed by atoms with E-state index < -0.39 is 17.4 Å². The second-order valence-electron chi connectivity index (χ2n) is 1.23. The second-order valence-corrected chi connectivity index (χ2v) is 1.23. The molecule has 0 saturated carbocycles. The molecule has 0 aliphatic heterocycles. The summed E-state index contributed by atoms with van der Waals surface area (Å²) in [5.74, 6) is -1.01. The van der Waals surface area contributed by atoms with Crippen LogP contribution in [0.4, 0.5) is 0 Å². The van der Waals surface area contributed by atoms with Crippen molar-refractivity contribution in [2.75, 3.05) is 7.11 Å². The maximum atomic E-state index is 10.2. The summed E-state index contributed by atoms with van der Waals surface area (Å²) in [6.07, 6.45) is 0. The topological polar surface area (TPSA) is 67.2 Å². The molecule has 0 unspecified atom stereocenters. The summed E-state index contributed by atoms with van der Waals surface area (Å²) in [5.41, 5.74) is -1.92. The molecule has 2 radical (unpaired) electrons. The summed E-state index contributed by atoms with van der Waals surface area (Å²) < 4.78 is 4.01. The Balaban J connectivity index is 4.05. The average Bonchev–Trinajstić information content (AvgIpc) is 1.84. The molecule has 0 fully saturated rings. The van der Waals surface area contributed by atoms with E-state index in [2.05, 4.69) is 12.6 Å². The highest BCUT2D eigenvalue weighted by atomic mass is 16.5. The van der Waals surface area contributed by atoms with Crippen LogP contribution in [0.1, 0.15) is 0 Å². The first-order chi connectivity index (χ1) is 4.09. The average molecular weight is 125 g/mol. The fraction of sp³-hybridized carbons (Fsp3) is 0.250. The minimum Gasteiger partial charge on any atom is -0.464 e. The summed E-state index contributed by atoms with van der Waals surface area (Å²) in [5, 5.41) is 6.60. The van der Waals surface area contributed by atoms with Crippen molar-refractivity contribution in [3.05, 3.63) is 0 Å². The smallest absolute Gasteiger partial charge is 0.358 e. The lowest BCUT2D eigenvalue weighted by Gasteiger charge is -1.94. The fourth-order valence-electron chi connectivity index (χ4n) is 0.203. The van der Waals surface area contributed by atoms with Gasteiger partial charge in [-0.2, -0.15) is 0 Å². The molecule has 0 bridgehead atoms. The Kier molecular flexibility index (Phi) is 2.64. The van der Waals surface area contributed by atoms with Gasteiger partial charge in [-0.05, 0) is 0 Å². The van der Waals surface area contributed by atoms with E-state index in [1.165, 1.54) is 0 Å². The lowest BCUT2D eigenvalue weighted by molar-refractivity contribution is -0.133. The van der Waals surface area contributed by atoms with E-state index in [-0.39, 0.29) is 0 Å². The molecule has 9 heavy (non-hydrogen) atoms. The Bertz CT molecular complexity index is 165. The van der Waals surface area contributed by atoms with Crippen molar-refractivity contribution in [1.82, 2.24) is 0 Å². The monoisotopic (exact) mass is 125 g/mol. The zero-order valence-electron chi connectivity index (χ0n) is 4.80. The maximum absolute atomic E-state index is 10.2.